The van der Waals surface area contributed by atoms with E-state index in [4.69, 9.17) is 4.74 Å². The van der Waals surface area contributed by atoms with Gasteiger partial charge in [0.15, 0.2) is 0 Å². The van der Waals surface area contributed by atoms with Crippen LogP contribution in [-0.2, 0) is 6.42 Å². The molecule has 0 aliphatic heterocycles. The van der Waals surface area contributed by atoms with Crippen molar-refractivity contribution in [1.82, 2.24) is 0 Å². The number of aryl methyl sites for hydroxylation is 1. The molecule has 2 nitrogen and oxygen atoms in total. The van der Waals surface area contributed by atoms with E-state index < -0.39 is 13.3 Å². The average Bonchev–Trinajstić information content (AvgIpc) is 2.83. The second kappa shape index (κ2) is 9.57. The van der Waals surface area contributed by atoms with E-state index in [-0.39, 0.29) is 17.4 Å². The first-order valence-corrected chi connectivity index (χ1v) is 15.1. The van der Waals surface area contributed by atoms with E-state index in [0.29, 0.717) is 0 Å². The molecular weight excluding hydrogens is 467 g/mol. The zero-order valence-electron chi connectivity index (χ0n) is 17.8. The van der Waals surface area contributed by atoms with Crippen LogP contribution in [-0.4, -0.2) is 25.5 Å². The summed E-state index contributed by atoms with van der Waals surface area (Å²) in [5.74, 6) is 0.436. The van der Waals surface area contributed by atoms with Gasteiger partial charge in [0, 0.05) is 0 Å². The molecule has 0 heterocycles. The maximum absolute atomic E-state index is 13.9. The summed E-state index contributed by atoms with van der Waals surface area (Å²) >= 11 is -3.36. The summed E-state index contributed by atoms with van der Waals surface area (Å²) in [6, 6.07) is 28.8. The Balaban J connectivity index is 1.90. The van der Waals surface area contributed by atoms with Crippen LogP contribution in [0.1, 0.15) is 5.56 Å². The molecular formula is C27H24F2GeO2. The zero-order valence-corrected chi connectivity index (χ0v) is 19.9. The van der Waals surface area contributed by atoms with E-state index in [1.165, 1.54) is 28.7 Å². The quantitative estimate of drug-likeness (QED) is 0.389. The first kappa shape index (κ1) is 22.1. The molecule has 0 amide bonds. The molecule has 0 unspecified atom stereocenters. The second-order valence-electron chi connectivity index (χ2n) is 7.81. The topological polar surface area (TPSA) is 29.5 Å². The van der Waals surface area contributed by atoms with E-state index in [0.717, 1.165) is 31.8 Å². The second-order valence-corrected chi connectivity index (χ2v) is 16.3. The van der Waals surface area contributed by atoms with Crippen LogP contribution >= 0.6 is 0 Å². The van der Waals surface area contributed by atoms with Crippen molar-refractivity contribution in [3.63, 3.8) is 0 Å². The van der Waals surface area contributed by atoms with E-state index in [9.17, 15) is 13.9 Å². The molecule has 0 aliphatic rings. The van der Waals surface area contributed by atoms with Gasteiger partial charge >= 0.3 is 190 Å². The molecule has 0 saturated heterocycles. The van der Waals surface area contributed by atoms with Gasteiger partial charge in [-0.05, 0) is 0 Å². The van der Waals surface area contributed by atoms with Gasteiger partial charge in [0.25, 0.3) is 0 Å². The fraction of sp³-hybridized carbons (Fsp3) is 0.111. The van der Waals surface area contributed by atoms with Gasteiger partial charge < -0.3 is 0 Å². The van der Waals surface area contributed by atoms with E-state index in [1.54, 1.807) is 19.2 Å². The first-order valence-electron chi connectivity index (χ1n) is 10.5. The summed E-state index contributed by atoms with van der Waals surface area (Å²) in [6.45, 7) is 0. The molecule has 0 bridgehead atoms. The third-order valence-electron chi connectivity index (χ3n) is 5.98. The van der Waals surface area contributed by atoms with Gasteiger partial charge in [0.1, 0.15) is 0 Å². The third kappa shape index (κ3) is 4.55. The normalized spacial score (nSPS) is 11.3. The number of methoxy groups -OCH3 is 1. The average molecular weight is 491 g/mol. The standard InChI is InChI=1S/C27H24F2GeO2/c1-32-27-16-12-25(13-17-27)30(23-8-4-21(28)5-9-23,24-10-6-22(29)7-11-24)19-18-20-2-14-26(31)15-3-20/h2-17,31H,18-19H2,1H3. The van der Waals surface area contributed by atoms with Crippen molar-refractivity contribution in [2.24, 2.45) is 0 Å². The number of hydrogen-bond donors (Lipinski definition) is 1. The van der Waals surface area contributed by atoms with Gasteiger partial charge in [-0.15, -0.1) is 0 Å². The van der Waals surface area contributed by atoms with Crippen molar-refractivity contribution in [3.8, 4) is 11.5 Å². The Labute approximate surface area is 189 Å². The van der Waals surface area contributed by atoms with Gasteiger partial charge in [-0.3, -0.25) is 0 Å². The van der Waals surface area contributed by atoms with Crippen molar-refractivity contribution < 1.29 is 18.6 Å². The zero-order chi connectivity index (χ0) is 22.6. The summed E-state index contributed by atoms with van der Waals surface area (Å²) in [7, 11) is 1.63. The molecule has 0 spiro atoms. The van der Waals surface area contributed by atoms with Gasteiger partial charge in [-0.1, -0.05) is 0 Å². The predicted octanol–water partition coefficient (Wildman–Crippen LogP) is 4.39. The fourth-order valence-electron chi connectivity index (χ4n) is 4.27. The first-order chi connectivity index (χ1) is 15.5. The van der Waals surface area contributed by atoms with Crippen LogP contribution in [0.3, 0.4) is 0 Å². The third-order valence-corrected chi connectivity index (χ3v) is 16.4. The number of halogens is 2. The van der Waals surface area contributed by atoms with Crippen molar-refractivity contribution in [2.75, 3.05) is 7.11 Å². The molecule has 4 aromatic carbocycles. The molecule has 4 aromatic rings. The van der Waals surface area contributed by atoms with E-state index in [2.05, 4.69) is 12.1 Å². The molecule has 0 aromatic heterocycles. The van der Waals surface area contributed by atoms with E-state index in [1.807, 2.05) is 48.5 Å². The minimum atomic E-state index is -3.36. The summed E-state index contributed by atoms with van der Waals surface area (Å²) in [6.07, 6.45) is 0.779. The van der Waals surface area contributed by atoms with Crippen molar-refractivity contribution in [2.45, 2.75) is 11.7 Å². The van der Waals surface area contributed by atoms with Crippen LogP contribution in [0.25, 0.3) is 0 Å². The van der Waals surface area contributed by atoms with Crippen LogP contribution in [0.2, 0.25) is 5.25 Å². The molecule has 0 fully saturated rings. The molecule has 0 saturated carbocycles. The van der Waals surface area contributed by atoms with Gasteiger partial charge in [0.2, 0.25) is 0 Å². The van der Waals surface area contributed by atoms with Crippen LogP contribution in [0.15, 0.2) is 97.1 Å². The van der Waals surface area contributed by atoms with Crippen LogP contribution in [0.5, 0.6) is 11.5 Å². The molecule has 1 N–H and O–H groups in total. The SMILES string of the molecule is COc1cc[c]([Ge]([CH2]Cc2ccc(O)cc2)([c]2ccc(F)cc2)[c]2ccc(F)cc2)cc1. The Hall–Kier alpha value is -3.12. The number of benzene rings is 4. The number of rotatable bonds is 7. The molecule has 5 heteroatoms. The Morgan fingerprint density at radius 1 is 0.656 bits per heavy atom. The van der Waals surface area contributed by atoms with Gasteiger partial charge in [-0.2, -0.15) is 0 Å². The van der Waals surface area contributed by atoms with Crippen LogP contribution < -0.4 is 17.9 Å². The molecule has 0 radical (unpaired) electrons. The Kier molecular flexibility index (Phi) is 6.61. The molecule has 4 rings (SSSR count). The Morgan fingerprint density at radius 3 is 1.53 bits per heavy atom. The van der Waals surface area contributed by atoms with E-state index >= 15 is 0 Å². The number of phenols is 1. The number of phenolic OH excluding ortho intramolecular Hbond substituents is 1. The predicted molar refractivity (Wildman–Crippen MR) is 127 cm³/mol. The number of hydrogen-bond acceptors (Lipinski definition) is 2. The molecule has 32 heavy (non-hydrogen) atoms. The maximum atomic E-state index is 13.9. The molecule has 0 atom stereocenters. The summed E-state index contributed by atoms with van der Waals surface area (Å²) in [4.78, 5) is 0. The number of ether oxygens (including phenoxy) is 1. The summed E-state index contributed by atoms with van der Waals surface area (Å²) in [5.41, 5.74) is 1.11. The Morgan fingerprint density at radius 2 is 1.09 bits per heavy atom. The Bertz CT molecular complexity index is 1110. The van der Waals surface area contributed by atoms with Crippen molar-refractivity contribution in [3.05, 3.63) is 114 Å². The fourth-order valence-corrected chi connectivity index (χ4v) is 14.2. The minimum absolute atomic E-state index is 0.230. The summed E-state index contributed by atoms with van der Waals surface area (Å²) < 4.78 is 36.4. The van der Waals surface area contributed by atoms with Crippen molar-refractivity contribution in [1.29, 1.82) is 0 Å². The van der Waals surface area contributed by atoms with Crippen LogP contribution in [0.4, 0.5) is 8.78 Å². The monoisotopic (exact) mass is 492 g/mol. The number of aromatic hydroxyl groups is 1. The van der Waals surface area contributed by atoms with Gasteiger partial charge in [0.05, 0.1) is 0 Å². The summed E-state index contributed by atoms with van der Waals surface area (Å²) in [5, 5.41) is 10.5. The van der Waals surface area contributed by atoms with Gasteiger partial charge in [-0.25, -0.2) is 0 Å². The molecule has 162 valence electrons. The molecule has 0 aliphatic carbocycles. The van der Waals surface area contributed by atoms with Crippen molar-refractivity contribution >= 4 is 26.5 Å². The van der Waals surface area contributed by atoms with Crippen LogP contribution in [0, 0.1) is 11.6 Å².